The van der Waals surface area contributed by atoms with Crippen molar-refractivity contribution in [2.24, 2.45) is 0 Å². The maximum Gasteiger partial charge on any atom is 0.366 e. The minimum absolute atomic E-state index is 0.108. The monoisotopic (exact) mass is 905 g/mol. The van der Waals surface area contributed by atoms with Crippen molar-refractivity contribution in [1.29, 1.82) is 0 Å². The number of esters is 7. The number of carbonyl (C=O) groups excluding carboxylic acids is 8. The third-order valence-corrected chi connectivity index (χ3v) is 10.5. The van der Waals surface area contributed by atoms with Gasteiger partial charge in [0, 0.05) is 34.6 Å². The van der Waals surface area contributed by atoms with Gasteiger partial charge in [0.15, 0.2) is 24.4 Å². The minimum atomic E-state index is -2.67. The van der Waals surface area contributed by atoms with E-state index in [1.54, 1.807) is 43.3 Å². The summed E-state index contributed by atoms with van der Waals surface area (Å²) in [6, 6.07) is 14.3. The Labute approximate surface area is 366 Å². The summed E-state index contributed by atoms with van der Waals surface area (Å²) in [5.74, 6) is -9.60. The first kappa shape index (κ1) is 50.0. The van der Waals surface area contributed by atoms with Gasteiger partial charge in [0.2, 0.25) is 5.91 Å². The molecule has 1 amide bonds. The molecule has 20 nitrogen and oxygen atoms in total. The molecule has 2 aliphatic rings. The van der Waals surface area contributed by atoms with E-state index in [-0.39, 0.29) is 11.1 Å². The van der Waals surface area contributed by atoms with Crippen molar-refractivity contribution in [2.75, 3.05) is 26.1 Å². The summed E-state index contributed by atoms with van der Waals surface area (Å²) in [4.78, 5) is 103. The number of aliphatic hydroxyl groups excluding tert-OH is 1. The van der Waals surface area contributed by atoms with Crippen molar-refractivity contribution in [3.05, 3.63) is 71.8 Å². The Bertz CT molecular complexity index is 1930. The Morgan fingerprint density at radius 2 is 1.37 bits per heavy atom. The van der Waals surface area contributed by atoms with Crippen LogP contribution in [0.2, 0.25) is 0 Å². The molecule has 0 radical (unpaired) electrons. The molecule has 344 valence electrons. The summed E-state index contributed by atoms with van der Waals surface area (Å²) in [7, 11) is 0.975. The van der Waals surface area contributed by atoms with E-state index in [0.29, 0.717) is 5.75 Å². The van der Waals surface area contributed by atoms with Crippen molar-refractivity contribution in [3.63, 3.8) is 0 Å². The van der Waals surface area contributed by atoms with Crippen molar-refractivity contribution in [1.82, 2.24) is 5.32 Å². The number of rotatable bonds is 18. The smallest absolute Gasteiger partial charge is 0.366 e. The lowest BCUT2D eigenvalue weighted by Gasteiger charge is -2.49. The van der Waals surface area contributed by atoms with Crippen LogP contribution < -0.4 is 5.32 Å². The van der Waals surface area contributed by atoms with Gasteiger partial charge in [-0.05, 0) is 30.0 Å². The van der Waals surface area contributed by atoms with Crippen LogP contribution in [0.5, 0.6) is 0 Å². The van der Waals surface area contributed by atoms with Crippen LogP contribution in [0.1, 0.15) is 68.7 Å². The number of thioether (sulfide) groups is 1. The molecule has 2 aromatic rings. The highest BCUT2D eigenvalue weighted by atomic mass is 32.2. The first-order chi connectivity index (χ1) is 29.9. The second-order valence-electron chi connectivity index (χ2n) is 14.2. The zero-order valence-electron chi connectivity index (χ0n) is 35.6. The molecule has 2 heterocycles. The highest BCUT2D eigenvalue weighted by Crippen LogP contribution is 2.39. The third-order valence-electron chi connectivity index (χ3n) is 9.43. The fourth-order valence-corrected chi connectivity index (χ4v) is 7.83. The number of ether oxygens (including phenoxy) is 10. The van der Waals surface area contributed by atoms with Crippen LogP contribution >= 0.6 is 11.8 Å². The maximum atomic E-state index is 14.0. The number of benzene rings is 2. The highest BCUT2D eigenvalue weighted by Gasteiger charge is 2.60. The third kappa shape index (κ3) is 13.7. The Morgan fingerprint density at radius 1 is 0.794 bits per heavy atom. The fourth-order valence-electron chi connectivity index (χ4n) is 6.88. The molecule has 4 rings (SSSR count). The molecule has 2 N–H and O–H groups in total. The number of nitrogens with one attached hydrogen (secondary N) is 1. The van der Waals surface area contributed by atoms with E-state index in [9.17, 15) is 43.5 Å². The molecule has 63 heavy (non-hydrogen) atoms. The topological polar surface area (TPSA) is 261 Å². The van der Waals surface area contributed by atoms with Crippen LogP contribution in [-0.2, 0) is 76.1 Å². The quantitative estimate of drug-likeness (QED) is 0.160. The van der Waals surface area contributed by atoms with E-state index in [0.717, 1.165) is 53.5 Å². The van der Waals surface area contributed by atoms with E-state index in [4.69, 9.17) is 47.4 Å². The minimum Gasteiger partial charge on any atom is -0.465 e. The SMILES string of the molecule is CCS[C@@H]1O[C@H](CO[C@]2(C(=O)OC)C[C@H](OC(C)=O)[C@@H](NC(C)=O)[C@@H]([C@H](OC(C)=O)[C@@H](COC(C)=O)OC(C)=O)O2)[C@H](O)[C@H](OC(=O)c2ccccc2)[C@H]1OC(=O)c1ccccc1. The van der Waals surface area contributed by atoms with Crippen LogP contribution in [0, 0.1) is 0 Å². The summed E-state index contributed by atoms with van der Waals surface area (Å²) in [5.41, 5.74) is -0.860. The largest absolute Gasteiger partial charge is 0.465 e. The van der Waals surface area contributed by atoms with Gasteiger partial charge in [0.25, 0.3) is 5.79 Å². The number of carbonyl (C=O) groups is 8. The van der Waals surface area contributed by atoms with E-state index in [1.807, 2.05) is 0 Å². The van der Waals surface area contributed by atoms with Gasteiger partial charge in [0.05, 0.1) is 37.3 Å². The molecule has 11 atom stereocenters. The summed E-state index contributed by atoms with van der Waals surface area (Å²) < 4.78 is 57.4. The van der Waals surface area contributed by atoms with Crippen LogP contribution in [0.3, 0.4) is 0 Å². The summed E-state index contributed by atoms with van der Waals surface area (Å²) >= 11 is 1.14. The number of hydrogen-bond acceptors (Lipinski definition) is 20. The molecule has 0 saturated carbocycles. The molecular formula is C42H51NO19S. The van der Waals surface area contributed by atoms with E-state index < -0.39 is 133 Å². The zero-order valence-corrected chi connectivity index (χ0v) is 36.4. The van der Waals surface area contributed by atoms with Crippen LogP contribution in [0.25, 0.3) is 0 Å². The van der Waals surface area contributed by atoms with Crippen molar-refractivity contribution >= 4 is 59.5 Å². The molecule has 2 aromatic carbocycles. The van der Waals surface area contributed by atoms with Crippen molar-refractivity contribution in [3.8, 4) is 0 Å². The summed E-state index contributed by atoms with van der Waals surface area (Å²) in [6.45, 7) is 5.49. The van der Waals surface area contributed by atoms with Crippen LogP contribution in [0.4, 0.5) is 0 Å². The van der Waals surface area contributed by atoms with Gasteiger partial charge in [-0.15, -0.1) is 11.8 Å². The lowest BCUT2D eigenvalue weighted by molar-refractivity contribution is -0.324. The maximum absolute atomic E-state index is 14.0. The van der Waals surface area contributed by atoms with E-state index in [2.05, 4.69) is 5.32 Å². The van der Waals surface area contributed by atoms with Crippen LogP contribution in [0.15, 0.2) is 60.7 Å². The molecule has 0 bridgehead atoms. The standard InChI is InChI=1S/C42H51NO19S/c1-8-63-40-37(61-39(51)28-17-13-10-14-18-28)36(60-38(50)27-15-11-9-12-16-27)33(49)30(59-40)21-55-42(41(52)53-7)19-29(56-24(4)46)32(43-22(2)44)35(62-42)34(58-26(6)48)31(57-25(5)47)20-54-23(3)45/h9-18,29-37,40,49H,8,19-21H2,1-7H3,(H,43,44)/t29-,30+,31+,32+,33-,34+,35-,36-,37+,40-,42+/m0/s1. The molecule has 21 heteroatoms. The molecular weight excluding hydrogens is 855 g/mol. The average molecular weight is 906 g/mol. The van der Waals surface area contributed by atoms with Gasteiger partial charge in [-0.1, -0.05) is 43.3 Å². The normalized spacial score (nSPS) is 26.3. The predicted molar refractivity (Wildman–Crippen MR) is 215 cm³/mol. The first-order valence-electron chi connectivity index (χ1n) is 19.7. The highest BCUT2D eigenvalue weighted by molar-refractivity contribution is 7.99. The van der Waals surface area contributed by atoms with E-state index >= 15 is 0 Å². The average Bonchev–Trinajstić information content (AvgIpc) is 3.23. The molecule has 2 aliphatic heterocycles. The second-order valence-corrected chi connectivity index (χ2v) is 15.6. The van der Waals surface area contributed by atoms with Crippen LogP contribution in [-0.4, -0.2) is 145 Å². The lowest BCUT2D eigenvalue weighted by Crippen LogP contribution is -2.69. The Morgan fingerprint density at radius 3 is 1.86 bits per heavy atom. The summed E-state index contributed by atoms with van der Waals surface area (Å²) in [5, 5.41) is 14.5. The lowest BCUT2D eigenvalue weighted by atomic mass is 9.88. The Kier molecular flexibility index (Phi) is 18.4. The van der Waals surface area contributed by atoms with Crippen molar-refractivity contribution < 1.29 is 90.8 Å². The second kappa shape index (κ2) is 23.2. The Balaban J connectivity index is 1.81. The van der Waals surface area contributed by atoms with Gasteiger partial charge in [-0.25, -0.2) is 14.4 Å². The number of methoxy groups -OCH3 is 1. The predicted octanol–water partition coefficient (Wildman–Crippen LogP) is 1.81. The van der Waals surface area contributed by atoms with Gasteiger partial charge in [0.1, 0.15) is 36.5 Å². The molecule has 0 aromatic heterocycles. The Hall–Kier alpha value is -5.61. The fraction of sp³-hybridized carbons (Fsp3) is 0.524. The molecule has 0 aliphatic carbocycles. The van der Waals surface area contributed by atoms with Gasteiger partial charge < -0.3 is 57.8 Å². The molecule has 0 spiro atoms. The number of amides is 1. The summed E-state index contributed by atoms with van der Waals surface area (Å²) in [6.07, 6.45) is -13.9. The van der Waals surface area contributed by atoms with Gasteiger partial charge in [-0.2, -0.15) is 0 Å². The van der Waals surface area contributed by atoms with Gasteiger partial charge in [-0.3, -0.25) is 24.0 Å². The molecule has 0 unspecified atom stereocenters. The first-order valence-corrected chi connectivity index (χ1v) is 20.7. The van der Waals surface area contributed by atoms with Crippen molar-refractivity contribution in [2.45, 2.75) is 114 Å². The van der Waals surface area contributed by atoms with Gasteiger partial charge >= 0.3 is 41.8 Å². The molecule has 2 fully saturated rings. The number of aliphatic hydroxyl groups is 1. The van der Waals surface area contributed by atoms with E-state index in [1.165, 1.54) is 24.3 Å². The zero-order chi connectivity index (χ0) is 46.4. The molecule has 2 saturated heterocycles. The number of hydrogen-bond donors (Lipinski definition) is 2.